The summed E-state index contributed by atoms with van der Waals surface area (Å²) < 4.78 is 27.5. The lowest BCUT2D eigenvalue weighted by atomic mass is 10.1. The fourth-order valence-corrected chi connectivity index (χ4v) is 4.32. The topological polar surface area (TPSA) is 63.2 Å². The van der Waals surface area contributed by atoms with Gasteiger partial charge in [-0.1, -0.05) is 0 Å². The zero-order valence-corrected chi connectivity index (χ0v) is 13.1. The van der Waals surface area contributed by atoms with Crippen molar-refractivity contribution in [3.63, 3.8) is 0 Å². The van der Waals surface area contributed by atoms with Gasteiger partial charge in [0.05, 0.1) is 0 Å². The van der Waals surface area contributed by atoms with Crippen LogP contribution in [0.3, 0.4) is 0 Å². The highest BCUT2D eigenvalue weighted by atomic mass is 79.9. The minimum absolute atomic E-state index is 0.0587. The quantitative estimate of drug-likeness (QED) is 0.849. The molecule has 0 atom stereocenters. The second-order valence-electron chi connectivity index (χ2n) is 3.82. The number of anilines is 1. The number of nitrogens with one attached hydrogen (secondary N) is 1. The first-order valence-electron chi connectivity index (χ1n) is 5.26. The van der Waals surface area contributed by atoms with Gasteiger partial charge >= 0.3 is 0 Å². The number of Topliss-reactive ketones (excluding diaryl/α,β-unsaturated/α-hetero) is 1. The van der Waals surface area contributed by atoms with E-state index in [9.17, 15) is 13.2 Å². The van der Waals surface area contributed by atoms with Crippen LogP contribution in [0.4, 0.5) is 5.69 Å². The molecule has 2 aromatic rings. The summed E-state index contributed by atoms with van der Waals surface area (Å²) in [5, 5.41) is 1.70. The van der Waals surface area contributed by atoms with Crippen LogP contribution in [0.2, 0.25) is 0 Å². The highest BCUT2D eigenvalue weighted by Gasteiger charge is 2.16. The van der Waals surface area contributed by atoms with Crippen LogP contribution in [0.15, 0.2) is 44.4 Å². The van der Waals surface area contributed by atoms with Gasteiger partial charge in [0.1, 0.15) is 4.21 Å². The van der Waals surface area contributed by atoms with E-state index in [0.29, 0.717) is 11.3 Å². The van der Waals surface area contributed by atoms with Gasteiger partial charge in [0, 0.05) is 21.1 Å². The van der Waals surface area contributed by atoms with E-state index in [2.05, 4.69) is 20.7 Å². The van der Waals surface area contributed by atoms with E-state index >= 15 is 0 Å². The molecular weight excluding hydrogens is 350 g/mol. The van der Waals surface area contributed by atoms with Gasteiger partial charge in [-0.05, 0) is 53.2 Å². The molecule has 2 rings (SSSR count). The maximum Gasteiger partial charge on any atom is 0.271 e. The molecule has 0 fully saturated rings. The number of thiophene rings is 1. The smallest absolute Gasteiger partial charge is 0.271 e. The Kier molecular flexibility index (Phi) is 4.07. The Labute approximate surface area is 123 Å². The van der Waals surface area contributed by atoms with Gasteiger partial charge < -0.3 is 0 Å². The molecule has 7 heteroatoms. The average molecular weight is 360 g/mol. The Balaban J connectivity index is 2.23. The number of halogens is 1. The van der Waals surface area contributed by atoms with E-state index < -0.39 is 10.0 Å². The summed E-state index contributed by atoms with van der Waals surface area (Å²) in [6, 6.07) is 7.85. The Morgan fingerprint density at radius 3 is 2.37 bits per heavy atom. The largest absolute Gasteiger partial charge is 0.295 e. The van der Waals surface area contributed by atoms with Crippen LogP contribution < -0.4 is 4.72 Å². The molecule has 0 spiro atoms. The molecule has 0 bridgehead atoms. The number of ketones is 1. The van der Waals surface area contributed by atoms with Gasteiger partial charge in [0.25, 0.3) is 10.0 Å². The van der Waals surface area contributed by atoms with E-state index in [4.69, 9.17) is 0 Å². The SMILES string of the molecule is CC(=O)c1ccc(NS(=O)(=O)c2cc(Br)cs2)cc1. The number of hydrogen-bond donors (Lipinski definition) is 1. The van der Waals surface area contributed by atoms with E-state index in [-0.39, 0.29) is 9.99 Å². The monoisotopic (exact) mass is 359 g/mol. The summed E-state index contributed by atoms with van der Waals surface area (Å²) in [7, 11) is -3.57. The highest BCUT2D eigenvalue weighted by molar-refractivity contribution is 9.10. The van der Waals surface area contributed by atoms with Crippen molar-refractivity contribution in [3.05, 3.63) is 45.7 Å². The Bertz CT molecular complexity index is 705. The molecule has 0 amide bonds. The first kappa shape index (κ1) is 14.2. The summed E-state index contributed by atoms with van der Waals surface area (Å²) in [5.74, 6) is -0.0587. The summed E-state index contributed by atoms with van der Waals surface area (Å²) in [4.78, 5) is 11.1. The molecule has 0 radical (unpaired) electrons. The number of carbonyl (C=O) groups is 1. The van der Waals surface area contributed by atoms with E-state index in [1.807, 2.05) is 0 Å². The van der Waals surface area contributed by atoms with Crippen molar-refractivity contribution < 1.29 is 13.2 Å². The average Bonchev–Trinajstić information content (AvgIpc) is 2.77. The molecule has 100 valence electrons. The Morgan fingerprint density at radius 1 is 1.26 bits per heavy atom. The van der Waals surface area contributed by atoms with Gasteiger partial charge in [0.15, 0.2) is 5.78 Å². The van der Waals surface area contributed by atoms with Crippen molar-refractivity contribution in [2.24, 2.45) is 0 Å². The fraction of sp³-hybridized carbons (Fsp3) is 0.0833. The van der Waals surface area contributed by atoms with E-state index in [0.717, 1.165) is 15.8 Å². The van der Waals surface area contributed by atoms with Crippen LogP contribution >= 0.6 is 27.3 Å². The van der Waals surface area contributed by atoms with E-state index in [1.165, 1.54) is 13.0 Å². The zero-order valence-electron chi connectivity index (χ0n) is 9.88. The third-order valence-electron chi connectivity index (χ3n) is 2.35. The summed E-state index contributed by atoms with van der Waals surface area (Å²) in [5.41, 5.74) is 0.969. The molecule has 1 aromatic heterocycles. The van der Waals surface area contributed by atoms with Crippen molar-refractivity contribution in [1.29, 1.82) is 0 Å². The van der Waals surface area contributed by atoms with Crippen LogP contribution in [-0.4, -0.2) is 14.2 Å². The zero-order chi connectivity index (χ0) is 14.0. The molecule has 0 aliphatic heterocycles. The number of benzene rings is 1. The number of rotatable bonds is 4. The van der Waals surface area contributed by atoms with Crippen molar-refractivity contribution >= 4 is 48.8 Å². The van der Waals surface area contributed by atoms with Gasteiger partial charge in [-0.3, -0.25) is 9.52 Å². The highest BCUT2D eigenvalue weighted by Crippen LogP contribution is 2.26. The third kappa shape index (κ3) is 3.43. The first-order valence-corrected chi connectivity index (χ1v) is 8.42. The second kappa shape index (κ2) is 5.44. The van der Waals surface area contributed by atoms with Crippen molar-refractivity contribution in [1.82, 2.24) is 0 Å². The summed E-state index contributed by atoms with van der Waals surface area (Å²) in [6.07, 6.45) is 0. The van der Waals surface area contributed by atoms with Crippen LogP contribution in [0.5, 0.6) is 0 Å². The van der Waals surface area contributed by atoms with Crippen molar-refractivity contribution in [2.45, 2.75) is 11.1 Å². The van der Waals surface area contributed by atoms with Crippen molar-refractivity contribution in [2.75, 3.05) is 4.72 Å². The lowest BCUT2D eigenvalue weighted by Crippen LogP contribution is -2.11. The second-order valence-corrected chi connectivity index (χ2v) is 7.56. The number of carbonyl (C=O) groups excluding carboxylic acids is 1. The molecular formula is C12H10BrNO3S2. The maximum atomic E-state index is 12.0. The molecule has 1 heterocycles. The minimum Gasteiger partial charge on any atom is -0.295 e. The predicted octanol–water partition coefficient (Wildman–Crippen LogP) is 3.51. The summed E-state index contributed by atoms with van der Waals surface area (Å²) in [6.45, 7) is 1.46. The lowest BCUT2D eigenvalue weighted by Gasteiger charge is -2.06. The van der Waals surface area contributed by atoms with Gasteiger partial charge in [-0.2, -0.15) is 0 Å². The normalized spacial score (nSPS) is 11.3. The molecule has 4 nitrogen and oxygen atoms in total. The van der Waals surface area contributed by atoms with Gasteiger partial charge in [0.2, 0.25) is 0 Å². The molecule has 0 unspecified atom stereocenters. The minimum atomic E-state index is -3.57. The number of hydrogen-bond acceptors (Lipinski definition) is 4. The van der Waals surface area contributed by atoms with E-state index in [1.54, 1.807) is 29.6 Å². The number of sulfonamides is 1. The molecule has 0 saturated carbocycles. The Hall–Kier alpha value is -1.18. The van der Waals surface area contributed by atoms with Gasteiger partial charge in [-0.25, -0.2) is 8.42 Å². The van der Waals surface area contributed by atoms with Gasteiger partial charge in [-0.15, -0.1) is 11.3 Å². The molecule has 0 aliphatic rings. The third-order valence-corrected chi connectivity index (χ3v) is 5.93. The molecule has 0 aliphatic carbocycles. The van der Waals surface area contributed by atoms with Crippen LogP contribution in [0.1, 0.15) is 17.3 Å². The lowest BCUT2D eigenvalue weighted by molar-refractivity contribution is 0.101. The molecule has 1 aromatic carbocycles. The predicted molar refractivity (Wildman–Crippen MR) is 79.3 cm³/mol. The molecule has 0 saturated heterocycles. The van der Waals surface area contributed by atoms with Crippen molar-refractivity contribution in [3.8, 4) is 0 Å². The summed E-state index contributed by atoms with van der Waals surface area (Å²) >= 11 is 4.35. The Morgan fingerprint density at radius 2 is 1.89 bits per heavy atom. The maximum absolute atomic E-state index is 12.0. The standard InChI is InChI=1S/C12H10BrNO3S2/c1-8(15)9-2-4-11(5-3-9)14-19(16,17)12-6-10(13)7-18-12/h2-7,14H,1H3. The first-order chi connectivity index (χ1) is 8.88. The van der Waals surface area contributed by atoms with Crippen LogP contribution in [0, 0.1) is 0 Å². The molecule has 19 heavy (non-hydrogen) atoms. The van der Waals surface area contributed by atoms with Crippen LogP contribution in [0.25, 0.3) is 0 Å². The van der Waals surface area contributed by atoms with Crippen LogP contribution in [-0.2, 0) is 10.0 Å². The fourth-order valence-electron chi connectivity index (χ4n) is 1.41. The molecule has 1 N–H and O–H groups in total.